The standard InChI is InChI=1S/C19H13ClN6O3/c20-13-3-1-11(2-4-13)18(27)14-7-16-17(29-6-5-28-16)8-15(14)22-10-12(9-21)19-23-25-26-24-19/h1-4,7-8,10,22H,5-6H2,(H,23,24,25,26). The topological polar surface area (TPSA) is 126 Å². The lowest BCUT2D eigenvalue weighted by Crippen LogP contribution is -2.17. The van der Waals surface area contributed by atoms with Crippen molar-refractivity contribution in [2.24, 2.45) is 0 Å². The summed E-state index contributed by atoms with van der Waals surface area (Å²) in [6.07, 6.45) is 1.40. The second kappa shape index (κ2) is 8.00. The first-order chi connectivity index (χ1) is 14.2. The molecule has 2 heterocycles. The first kappa shape index (κ1) is 18.5. The van der Waals surface area contributed by atoms with E-state index in [0.29, 0.717) is 46.5 Å². The fourth-order valence-electron chi connectivity index (χ4n) is 2.73. The number of aromatic amines is 1. The highest BCUT2D eigenvalue weighted by atomic mass is 35.5. The molecule has 0 atom stereocenters. The van der Waals surface area contributed by atoms with E-state index in [4.69, 9.17) is 21.1 Å². The van der Waals surface area contributed by atoms with Crippen molar-refractivity contribution in [1.82, 2.24) is 20.6 Å². The van der Waals surface area contributed by atoms with Crippen molar-refractivity contribution >= 4 is 28.6 Å². The van der Waals surface area contributed by atoms with Crippen LogP contribution in [0.25, 0.3) is 5.57 Å². The van der Waals surface area contributed by atoms with Crippen LogP contribution < -0.4 is 14.8 Å². The average molecular weight is 409 g/mol. The quantitative estimate of drug-likeness (QED) is 0.487. The number of fused-ring (bicyclic) bond motifs is 1. The minimum absolute atomic E-state index is 0.128. The summed E-state index contributed by atoms with van der Waals surface area (Å²) >= 11 is 5.92. The fraction of sp³-hybridized carbons (Fsp3) is 0.105. The highest BCUT2D eigenvalue weighted by molar-refractivity contribution is 6.30. The van der Waals surface area contributed by atoms with Crippen LogP contribution in [-0.4, -0.2) is 39.6 Å². The first-order valence-electron chi connectivity index (χ1n) is 8.50. The molecule has 0 unspecified atom stereocenters. The molecule has 0 amide bonds. The molecule has 2 N–H and O–H groups in total. The van der Waals surface area contributed by atoms with Crippen LogP contribution >= 0.6 is 11.6 Å². The number of nitrogens with zero attached hydrogens (tertiary/aromatic N) is 4. The number of halogens is 1. The molecule has 9 nitrogen and oxygen atoms in total. The number of anilines is 1. The summed E-state index contributed by atoms with van der Waals surface area (Å²) in [5, 5.41) is 26.1. The molecule has 0 radical (unpaired) electrons. The molecule has 10 heteroatoms. The maximum atomic E-state index is 13.1. The average Bonchev–Trinajstić information content (AvgIpc) is 3.28. The van der Waals surface area contributed by atoms with Crippen LogP contribution in [0.3, 0.4) is 0 Å². The van der Waals surface area contributed by atoms with Crippen molar-refractivity contribution in [1.29, 1.82) is 5.26 Å². The number of ketones is 1. The zero-order chi connectivity index (χ0) is 20.2. The van der Waals surface area contributed by atoms with E-state index in [0.717, 1.165) is 0 Å². The third-order valence-corrected chi connectivity index (χ3v) is 4.36. The van der Waals surface area contributed by atoms with Crippen molar-refractivity contribution in [3.05, 3.63) is 64.6 Å². The van der Waals surface area contributed by atoms with Gasteiger partial charge in [0.05, 0.1) is 5.69 Å². The zero-order valence-electron chi connectivity index (χ0n) is 14.8. The van der Waals surface area contributed by atoms with E-state index in [2.05, 4.69) is 25.9 Å². The highest BCUT2D eigenvalue weighted by Crippen LogP contribution is 2.37. The van der Waals surface area contributed by atoms with Gasteiger partial charge in [-0.1, -0.05) is 11.6 Å². The monoisotopic (exact) mass is 408 g/mol. The number of nitrogens with one attached hydrogen (secondary N) is 2. The van der Waals surface area contributed by atoms with Gasteiger partial charge in [0.1, 0.15) is 24.9 Å². The second-order valence-corrected chi connectivity index (χ2v) is 6.36. The van der Waals surface area contributed by atoms with Crippen molar-refractivity contribution in [2.75, 3.05) is 18.5 Å². The molecule has 1 aliphatic rings. The Labute approximate surface area is 169 Å². The molecule has 0 aliphatic carbocycles. The second-order valence-electron chi connectivity index (χ2n) is 5.93. The highest BCUT2D eigenvalue weighted by Gasteiger charge is 2.21. The van der Waals surface area contributed by atoms with E-state index in [1.165, 1.54) is 6.20 Å². The molecule has 1 aromatic heterocycles. The van der Waals surface area contributed by atoms with E-state index in [-0.39, 0.29) is 17.2 Å². The molecule has 3 aromatic rings. The van der Waals surface area contributed by atoms with Gasteiger partial charge in [0.25, 0.3) is 0 Å². The number of benzene rings is 2. The van der Waals surface area contributed by atoms with Gasteiger partial charge in [0.15, 0.2) is 17.3 Å². The van der Waals surface area contributed by atoms with Crippen LogP contribution in [0.5, 0.6) is 11.5 Å². The molecular weight excluding hydrogens is 396 g/mol. The number of nitriles is 1. The largest absolute Gasteiger partial charge is 0.486 e. The maximum Gasteiger partial charge on any atom is 0.216 e. The van der Waals surface area contributed by atoms with E-state index < -0.39 is 0 Å². The summed E-state index contributed by atoms with van der Waals surface area (Å²) < 4.78 is 11.2. The molecular formula is C19H13ClN6O3. The summed E-state index contributed by atoms with van der Waals surface area (Å²) in [6.45, 7) is 0.795. The molecule has 0 fully saturated rings. The minimum atomic E-state index is -0.243. The first-order valence-corrected chi connectivity index (χ1v) is 8.88. The Morgan fingerprint density at radius 2 is 1.93 bits per heavy atom. The summed E-state index contributed by atoms with van der Waals surface area (Å²) in [4.78, 5) is 13.1. The van der Waals surface area contributed by atoms with Gasteiger partial charge in [-0.25, -0.2) is 0 Å². The maximum absolute atomic E-state index is 13.1. The third kappa shape index (κ3) is 3.88. The number of ether oxygens (including phenoxy) is 2. The Morgan fingerprint density at radius 3 is 2.59 bits per heavy atom. The molecule has 0 bridgehead atoms. The van der Waals surface area contributed by atoms with Gasteiger partial charge in [0, 0.05) is 28.4 Å². The zero-order valence-corrected chi connectivity index (χ0v) is 15.6. The van der Waals surface area contributed by atoms with E-state index >= 15 is 0 Å². The van der Waals surface area contributed by atoms with E-state index in [9.17, 15) is 10.1 Å². The SMILES string of the molecule is N#CC(=CNc1cc2c(cc1C(=O)c1ccc(Cl)cc1)OCCO2)c1nn[nH]n1. The number of H-pyrrole nitrogens is 1. The van der Waals surface area contributed by atoms with E-state index in [1.54, 1.807) is 36.4 Å². The Hall–Kier alpha value is -3.90. The van der Waals surface area contributed by atoms with Crippen LogP contribution in [-0.2, 0) is 0 Å². The third-order valence-electron chi connectivity index (χ3n) is 4.11. The van der Waals surface area contributed by atoms with E-state index in [1.807, 2.05) is 6.07 Å². The number of hydrogen-bond donors (Lipinski definition) is 2. The van der Waals surface area contributed by atoms with Gasteiger partial charge in [-0.2, -0.15) is 10.5 Å². The number of carbonyl (C=O) groups is 1. The number of allylic oxidation sites excluding steroid dienone is 1. The van der Waals surface area contributed by atoms with Crippen LogP contribution in [0, 0.1) is 11.3 Å². The molecule has 2 aromatic carbocycles. The van der Waals surface area contributed by atoms with Crippen molar-refractivity contribution in [3.63, 3.8) is 0 Å². The Kier molecular flexibility index (Phi) is 5.09. The predicted octanol–water partition coefficient (Wildman–Crippen LogP) is 2.83. The fourth-order valence-corrected chi connectivity index (χ4v) is 2.85. The van der Waals surface area contributed by atoms with Gasteiger partial charge < -0.3 is 14.8 Å². The van der Waals surface area contributed by atoms with Crippen LogP contribution in [0.2, 0.25) is 5.02 Å². The van der Waals surface area contributed by atoms with Crippen LogP contribution in [0.1, 0.15) is 21.7 Å². The van der Waals surface area contributed by atoms with Gasteiger partial charge in [-0.15, -0.1) is 10.2 Å². The molecule has 1 aliphatic heterocycles. The van der Waals surface area contributed by atoms with Crippen LogP contribution in [0.15, 0.2) is 42.6 Å². The lowest BCUT2D eigenvalue weighted by molar-refractivity contribution is 0.103. The Balaban J connectivity index is 1.74. The smallest absolute Gasteiger partial charge is 0.216 e. The summed E-state index contributed by atoms with van der Waals surface area (Å²) in [7, 11) is 0. The minimum Gasteiger partial charge on any atom is -0.486 e. The van der Waals surface area contributed by atoms with Crippen LogP contribution in [0.4, 0.5) is 5.69 Å². The number of aromatic nitrogens is 4. The number of rotatable bonds is 5. The van der Waals surface area contributed by atoms with Gasteiger partial charge in [-0.05, 0) is 35.5 Å². The lowest BCUT2D eigenvalue weighted by Gasteiger charge is -2.21. The van der Waals surface area contributed by atoms with Crippen molar-refractivity contribution in [2.45, 2.75) is 0 Å². The molecule has 0 saturated carbocycles. The molecule has 29 heavy (non-hydrogen) atoms. The summed E-state index contributed by atoms with van der Waals surface area (Å²) in [5.74, 6) is 0.857. The lowest BCUT2D eigenvalue weighted by atomic mass is 10.0. The Morgan fingerprint density at radius 1 is 1.21 bits per heavy atom. The van der Waals surface area contributed by atoms with Gasteiger partial charge in [0.2, 0.25) is 5.82 Å². The van der Waals surface area contributed by atoms with Crippen molar-refractivity contribution < 1.29 is 14.3 Å². The normalized spacial score (nSPS) is 12.9. The van der Waals surface area contributed by atoms with Gasteiger partial charge >= 0.3 is 0 Å². The van der Waals surface area contributed by atoms with Gasteiger partial charge in [-0.3, -0.25) is 4.79 Å². The number of tetrazole rings is 1. The summed E-state index contributed by atoms with van der Waals surface area (Å²) in [5.41, 5.74) is 1.37. The molecule has 0 saturated heterocycles. The molecule has 0 spiro atoms. The molecule has 4 rings (SSSR count). The summed E-state index contributed by atoms with van der Waals surface area (Å²) in [6, 6.07) is 11.8. The molecule has 144 valence electrons. The number of carbonyl (C=O) groups excluding carboxylic acids is 1. The number of hydrogen-bond acceptors (Lipinski definition) is 8. The predicted molar refractivity (Wildman–Crippen MR) is 104 cm³/mol. The van der Waals surface area contributed by atoms with Crippen molar-refractivity contribution in [3.8, 4) is 17.6 Å². The Bertz CT molecular complexity index is 1120.